The maximum atomic E-state index is 9.15. The van der Waals surface area contributed by atoms with Gasteiger partial charge in [-0.25, -0.2) is 0 Å². The number of nitrogen functional groups attached to an aromatic ring is 1. The third kappa shape index (κ3) is 2.83. The number of nitriles is 1. The van der Waals surface area contributed by atoms with Gasteiger partial charge in [-0.15, -0.1) is 0 Å². The van der Waals surface area contributed by atoms with Crippen molar-refractivity contribution in [3.8, 4) is 11.8 Å². The zero-order valence-electron chi connectivity index (χ0n) is 13.6. The minimum atomic E-state index is 0.475. The highest BCUT2D eigenvalue weighted by molar-refractivity contribution is 5.46. The molecular weight excluding hydrogens is 298 g/mol. The van der Waals surface area contributed by atoms with E-state index in [1.54, 1.807) is 0 Å². The number of ether oxygens (including phenoxy) is 1. The van der Waals surface area contributed by atoms with Gasteiger partial charge in [-0.2, -0.15) is 5.26 Å². The van der Waals surface area contributed by atoms with Crippen LogP contribution in [-0.4, -0.2) is 31.1 Å². The number of nitrogens with zero attached hydrogens (tertiary/aromatic N) is 2. The highest BCUT2D eigenvalue weighted by Crippen LogP contribution is 2.41. The molecule has 4 rings (SSSR count). The molecule has 2 aliphatic heterocycles. The summed E-state index contributed by atoms with van der Waals surface area (Å²) in [5.74, 6) is 1.95. The molecule has 0 unspecified atom stereocenters. The van der Waals surface area contributed by atoms with Crippen molar-refractivity contribution >= 4 is 5.69 Å². The van der Waals surface area contributed by atoms with Gasteiger partial charge < -0.3 is 15.4 Å². The van der Waals surface area contributed by atoms with E-state index in [1.807, 2.05) is 30.3 Å². The van der Waals surface area contributed by atoms with Gasteiger partial charge in [0.1, 0.15) is 5.75 Å². The molecule has 0 spiro atoms. The lowest BCUT2D eigenvalue weighted by Gasteiger charge is -2.27. The first-order valence-electron chi connectivity index (χ1n) is 8.46. The Bertz CT molecular complexity index is 796. The summed E-state index contributed by atoms with van der Waals surface area (Å²) in [6.45, 7) is 3.91. The van der Waals surface area contributed by atoms with Crippen molar-refractivity contribution < 1.29 is 4.74 Å². The molecule has 0 bridgehead atoms. The van der Waals surface area contributed by atoms with Crippen LogP contribution in [0.5, 0.6) is 5.75 Å². The van der Waals surface area contributed by atoms with Gasteiger partial charge in [0.05, 0.1) is 18.2 Å². The van der Waals surface area contributed by atoms with Gasteiger partial charge in [-0.3, -0.25) is 0 Å². The van der Waals surface area contributed by atoms with Gasteiger partial charge in [0, 0.05) is 42.7 Å². The van der Waals surface area contributed by atoms with Crippen LogP contribution in [0.25, 0.3) is 0 Å². The second kappa shape index (κ2) is 6.18. The average Bonchev–Trinajstić information content (AvgIpc) is 3.03. The normalized spacial score (nSPS) is 22.3. The molecule has 2 heterocycles. The third-order valence-corrected chi connectivity index (χ3v) is 5.18. The Morgan fingerprint density at radius 1 is 1.21 bits per heavy atom. The molecule has 2 aromatic carbocycles. The number of rotatable bonds is 3. The van der Waals surface area contributed by atoms with Crippen molar-refractivity contribution in [2.45, 2.75) is 12.3 Å². The molecule has 2 aromatic rings. The van der Waals surface area contributed by atoms with Gasteiger partial charge in [-0.1, -0.05) is 12.1 Å². The van der Waals surface area contributed by atoms with Crippen LogP contribution in [0.3, 0.4) is 0 Å². The van der Waals surface area contributed by atoms with Crippen LogP contribution in [0, 0.1) is 17.2 Å². The molecule has 1 fully saturated rings. The standard InChI is InChI=1S/C20H21N3O/c21-10-15-4-5-20-18(9-15)19-12-23(11-16(19)13-24-20)7-6-14-2-1-3-17(22)8-14/h1-5,8-9,16,19H,6-7,11-13,22H2/t16-,19+/m1/s1. The first-order chi connectivity index (χ1) is 11.7. The fourth-order valence-electron chi connectivity index (χ4n) is 3.94. The number of nitrogens with two attached hydrogens (primary N) is 1. The van der Waals surface area contributed by atoms with Gasteiger partial charge in [0.2, 0.25) is 0 Å². The van der Waals surface area contributed by atoms with Crippen LogP contribution in [0.1, 0.15) is 22.6 Å². The van der Waals surface area contributed by atoms with Crippen LogP contribution in [0.2, 0.25) is 0 Å². The number of likely N-dealkylation sites (tertiary alicyclic amines) is 1. The highest BCUT2D eigenvalue weighted by atomic mass is 16.5. The smallest absolute Gasteiger partial charge is 0.122 e. The number of hydrogen-bond acceptors (Lipinski definition) is 4. The van der Waals surface area contributed by atoms with Crippen molar-refractivity contribution in [2.24, 2.45) is 5.92 Å². The first-order valence-corrected chi connectivity index (χ1v) is 8.46. The van der Waals surface area contributed by atoms with E-state index in [0.29, 0.717) is 11.8 Å². The zero-order chi connectivity index (χ0) is 16.5. The monoisotopic (exact) mass is 319 g/mol. The Kier molecular flexibility index (Phi) is 3.87. The summed E-state index contributed by atoms with van der Waals surface area (Å²) in [6, 6.07) is 16.2. The fourth-order valence-corrected chi connectivity index (χ4v) is 3.94. The summed E-state index contributed by atoms with van der Waals surface area (Å²) >= 11 is 0. The molecule has 2 N–H and O–H groups in total. The Hall–Kier alpha value is -2.51. The van der Waals surface area contributed by atoms with Crippen LogP contribution in [0.4, 0.5) is 5.69 Å². The second-order valence-corrected chi connectivity index (χ2v) is 6.80. The predicted octanol–water partition coefficient (Wildman–Crippen LogP) is 2.79. The Labute approximate surface area is 142 Å². The molecule has 0 aliphatic carbocycles. The minimum Gasteiger partial charge on any atom is -0.493 e. The molecule has 4 heteroatoms. The lowest BCUT2D eigenvalue weighted by atomic mass is 9.86. The van der Waals surface area contributed by atoms with Gasteiger partial charge in [-0.05, 0) is 42.3 Å². The van der Waals surface area contributed by atoms with E-state index < -0.39 is 0 Å². The third-order valence-electron chi connectivity index (χ3n) is 5.18. The van der Waals surface area contributed by atoms with Crippen molar-refractivity contribution in [3.63, 3.8) is 0 Å². The van der Waals surface area contributed by atoms with E-state index in [2.05, 4.69) is 23.1 Å². The van der Waals surface area contributed by atoms with Crippen molar-refractivity contribution in [1.29, 1.82) is 5.26 Å². The fraction of sp³-hybridized carbons (Fsp3) is 0.350. The van der Waals surface area contributed by atoms with E-state index in [-0.39, 0.29) is 0 Å². The number of benzene rings is 2. The molecular formula is C20H21N3O. The maximum absolute atomic E-state index is 9.15. The molecule has 24 heavy (non-hydrogen) atoms. The Balaban J connectivity index is 1.46. The van der Waals surface area contributed by atoms with Crippen LogP contribution < -0.4 is 10.5 Å². The molecule has 122 valence electrons. The van der Waals surface area contributed by atoms with Gasteiger partial charge >= 0.3 is 0 Å². The average molecular weight is 319 g/mol. The van der Waals surface area contributed by atoms with Crippen LogP contribution >= 0.6 is 0 Å². The van der Waals surface area contributed by atoms with E-state index >= 15 is 0 Å². The molecule has 2 atom stereocenters. The number of anilines is 1. The number of fused-ring (bicyclic) bond motifs is 3. The van der Waals surface area contributed by atoms with Crippen LogP contribution in [0.15, 0.2) is 42.5 Å². The largest absolute Gasteiger partial charge is 0.493 e. The first kappa shape index (κ1) is 15.0. The molecule has 1 saturated heterocycles. The molecule has 0 aromatic heterocycles. The topological polar surface area (TPSA) is 62.3 Å². The van der Waals surface area contributed by atoms with E-state index in [1.165, 1.54) is 11.1 Å². The molecule has 4 nitrogen and oxygen atoms in total. The van der Waals surface area contributed by atoms with Crippen LogP contribution in [-0.2, 0) is 6.42 Å². The quantitative estimate of drug-likeness (QED) is 0.884. The maximum Gasteiger partial charge on any atom is 0.122 e. The molecule has 0 amide bonds. The lowest BCUT2D eigenvalue weighted by Crippen LogP contribution is -2.25. The molecule has 2 aliphatic rings. The highest BCUT2D eigenvalue weighted by Gasteiger charge is 2.38. The summed E-state index contributed by atoms with van der Waals surface area (Å²) in [6.07, 6.45) is 1.01. The lowest BCUT2D eigenvalue weighted by molar-refractivity contribution is 0.213. The summed E-state index contributed by atoms with van der Waals surface area (Å²) in [5.41, 5.74) is 9.90. The van der Waals surface area contributed by atoms with E-state index in [9.17, 15) is 0 Å². The molecule has 0 radical (unpaired) electrons. The Morgan fingerprint density at radius 2 is 2.12 bits per heavy atom. The zero-order valence-corrected chi connectivity index (χ0v) is 13.6. The second-order valence-electron chi connectivity index (χ2n) is 6.80. The van der Waals surface area contributed by atoms with Crippen molar-refractivity contribution in [3.05, 3.63) is 59.2 Å². The summed E-state index contributed by atoms with van der Waals surface area (Å²) < 4.78 is 5.91. The molecule has 0 saturated carbocycles. The Morgan fingerprint density at radius 3 is 2.96 bits per heavy atom. The van der Waals surface area contributed by atoms with Crippen molar-refractivity contribution in [1.82, 2.24) is 4.90 Å². The summed E-state index contributed by atoms with van der Waals surface area (Å²) in [5, 5.41) is 9.15. The van der Waals surface area contributed by atoms with Gasteiger partial charge in [0.15, 0.2) is 0 Å². The summed E-state index contributed by atoms with van der Waals surface area (Å²) in [4.78, 5) is 2.51. The SMILES string of the molecule is N#Cc1ccc2c(c1)[C@H]1CN(CCc3cccc(N)c3)C[C@@H]1CO2. The van der Waals surface area contributed by atoms with E-state index in [0.717, 1.165) is 49.7 Å². The summed E-state index contributed by atoms with van der Waals surface area (Å²) in [7, 11) is 0. The van der Waals surface area contributed by atoms with E-state index in [4.69, 9.17) is 15.7 Å². The number of hydrogen-bond donors (Lipinski definition) is 1. The minimum absolute atomic E-state index is 0.475. The van der Waals surface area contributed by atoms with Crippen molar-refractivity contribution in [2.75, 3.05) is 32.0 Å². The predicted molar refractivity (Wildman–Crippen MR) is 93.9 cm³/mol. The van der Waals surface area contributed by atoms with Gasteiger partial charge in [0.25, 0.3) is 0 Å².